The Bertz CT molecular complexity index is 590. The number of likely N-dealkylation sites (N-methyl/N-ethyl adjacent to an activating group) is 1. The summed E-state index contributed by atoms with van der Waals surface area (Å²) in [6.45, 7) is 5.87. The summed E-state index contributed by atoms with van der Waals surface area (Å²) in [5.74, 6) is -0.396. The van der Waals surface area contributed by atoms with Crippen LogP contribution >= 0.6 is 0 Å². The number of carbonyl (C=O) groups excluding carboxylic acids is 2. The first-order valence-corrected chi connectivity index (χ1v) is 6.97. The highest BCUT2D eigenvalue weighted by molar-refractivity contribution is 6.04. The minimum absolute atomic E-state index is 0.230. The highest BCUT2D eigenvalue weighted by Gasteiger charge is 2.34. The average Bonchev–Trinajstić information content (AvgIpc) is 2.45. The molecule has 1 heterocycles. The predicted molar refractivity (Wildman–Crippen MR) is 80.5 cm³/mol. The zero-order valence-corrected chi connectivity index (χ0v) is 12.8. The number of esters is 1. The minimum atomic E-state index is -0.396. The number of nitrogens with one attached hydrogen (secondary N) is 1. The van der Waals surface area contributed by atoms with E-state index in [1.54, 1.807) is 14.0 Å². The van der Waals surface area contributed by atoms with Crippen molar-refractivity contribution in [2.75, 3.05) is 13.7 Å². The van der Waals surface area contributed by atoms with Crippen LogP contribution in [0, 0.1) is 6.92 Å². The third-order valence-corrected chi connectivity index (χ3v) is 3.66. The first kappa shape index (κ1) is 15.1. The monoisotopic (exact) mass is 288 g/mol. The molecule has 0 radical (unpaired) electrons. The van der Waals surface area contributed by atoms with Crippen molar-refractivity contribution in [3.8, 4) is 0 Å². The van der Waals surface area contributed by atoms with E-state index in [2.05, 4.69) is 5.32 Å². The first-order valence-electron chi connectivity index (χ1n) is 6.97. The van der Waals surface area contributed by atoms with E-state index >= 15 is 0 Å². The zero-order chi connectivity index (χ0) is 15.6. The number of urea groups is 1. The van der Waals surface area contributed by atoms with Gasteiger partial charge in [0.2, 0.25) is 0 Å². The summed E-state index contributed by atoms with van der Waals surface area (Å²) in [7, 11) is 1.66. The Morgan fingerprint density at radius 1 is 1.33 bits per heavy atom. The maximum absolute atomic E-state index is 12.3. The van der Waals surface area contributed by atoms with Gasteiger partial charge >= 0.3 is 12.0 Å². The van der Waals surface area contributed by atoms with E-state index in [4.69, 9.17) is 4.74 Å². The topological polar surface area (TPSA) is 58.6 Å². The molecule has 0 aromatic heterocycles. The minimum Gasteiger partial charge on any atom is -0.463 e. The van der Waals surface area contributed by atoms with Gasteiger partial charge in [-0.05, 0) is 26.3 Å². The lowest BCUT2D eigenvalue weighted by Gasteiger charge is -2.33. The molecule has 0 spiro atoms. The molecule has 2 amide bonds. The van der Waals surface area contributed by atoms with E-state index in [1.165, 1.54) is 4.90 Å². The summed E-state index contributed by atoms with van der Waals surface area (Å²) in [5, 5.41) is 2.79. The van der Waals surface area contributed by atoms with Crippen LogP contribution in [0.3, 0.4) is 0 Å². The molecule has 1 unspecified atom stereocenters. The number of amides is 2. The van der Waals surface area contributed by atoms with Gasteiger partial charge in [-0.3, -0.25) is 0 Å². The second-order valence-electron chi connectivity index (χ2n) is 5.09. The lowest BCUT2D eigenvalue weighted by molar-refractivity contribution is -0.139. The van der Waals surface area contributed by atoms with Gasteiger partial charge in [-0.25, -0.2) is 9.59 Å². The molecule has 1 aromatic carbocycles. The normalized spacial score (nSPS) is 18.6. The van der Waals surface area contributed by atoms with E-state index in [-0.39, 0.29) is 12.1 Å². The van der Waals surface area contributed by atoms with Gasteiger partial charge in [0.25, 0.3) is 0 Å². The van der Waals surface area contributed by atoms with Crippen LogP contribution in [0.4, 0.5) is 4.79 Å². The highest BCUT2D eigenvalue weighted by Crippen LogP contribution is 2.26. The number of rotatable bonds is 3. The van der Waals surface area contributed by atoms with E-state index in [0.29, 0.717) is 17.9 Å². The standard InChI is InChI=1S/C16H20N2O3/c1-5-21-15(19)13-11(3)18(4)16(20)17-14(13)12-8-6-10(2)7-9-12/h6-9,11H,5H2,1-4H3,(H,17,20). The van der Waals surface area contributed by atoms with Crippen LogP contribution in [0.15, 0.2) is 29.8 Å². The van der Waals surface area contributed by atoms with E-state index < -0.39 is 5.97 Å². The summed E-state index contributed by atoms with van der Waals surface area (Å²) in [6, 6.07) is 7.10. The summed E-state index contributed by atoms with van der Waals surface area (Å²) >= 11 is 0. The number of hydrogen-bond donors (Lipinski definition) is 1. The zero-order valence-electron chi connectivity index (χ0n) is 12.8. The Kier molecular flexibility index (Phi) is 4.31. The molecule has 0 bridgehead atoms. The van der Waals surface area contributed by atoms with Crippen LogP contribution in [-0.4, -0.2) is 36.6 Å². The molecule has 112 valence electrons. The quantitative estimate of drug-likeness (QED) is 0.868. The molecule has 1 aliphatic rings. The Morgan fingerprint density at radius 3 is 2.52 bits per heavy atom. The van der Waals surface area contributed by atoms with Crippen LogP contribution in [0.2, 0.25) is 0 Å². The van der Waals surface area contributed by atoms with Crippen LogP contribution in [0.5, 0.6) is 0 Å². The van der Waals surface area contributed by atoms with E-state index in [0.717, 1.165) is 11.1 Å². The van der Waals surface area contributed by atoms with Gasteiger partial charge in [-0.15, -0.1) is 0 Å². The molecule has 5 nitrogen and oxygen atoms in total. The molecule has 0 aliphatic carbocycles. The van der Waals surface area contributed by atoms with Gasteiger partial charge < -0.3 is 15.0 Å². The molecule has 1 aliphatic heterocycles. The fraction of sp³-hybridized carbons (Fsp3) is 0.375. The van der Waals surface area contributed by atoms with Crippen molar-refractivity contribution in [1.82, 2.24) is 10.2 Å². The third kappa shape index (κ3) is 2.91. The fourth-order valence-corrected chi connectivity index (χ4v) is 2.27. The Morgan fingerprint density at radius 2 is 1.95 bits per heavy atom. The van der Waals surface area contributed by atoms with E-state index in [1.807, 2.05) is 38.1 Å². The summed E-state index contributed by atoms with van der Waals surface area (Å²) < 4.78 is 5.14. The van der Waals surface area contributed by atoms with Gasteiger partial charge in [-0.2, -0.15) is 0 Å². The number of benzene rings is 1. The van der Waals surface area contributed by atoms with Crippen molar-refractivity contribution in [1.29, 1.82) is 0 Å². The average molecular weight is 288 g/mol. The van der Waals surface area contributed by atoms with Crippen LogP contribution in [0.25, 0.3) is 5.70 Å². The Hall–Kier alpha value is -2.30. The largest absolute Gasteiger partial charge is 0.463 e. The molecular formula is C16H20N2O3. The fourth-order valence-electron chi connectivity index (χ4n) is 2.27. The molecule has 2 rings (SSSR count). The number of nitrogens with zero attached hydrogens (tertiary/aromatic N) is 1. The van der Waals surface area contributed by atoms with Crippen molar-refractivity contribution in [3.05, 3.63) is 41.0 Å². The molecule has 1 aromatic rings. The number of hydrogen-bond acceptors (Lipinski definition) is 3. The maximum Gasteiger partial charge on any atom is 0.338 e. The molecule has 0 saturated heterocycles. The molecule has 1 atom stereocenters. The van der Waals surface area contributed by atoms with Crippen molar-refractivity contribution in [2.24, 2.45) is 0 Å². The van der Waals surface area contributed by atoms with Gasteiger partial charge in [0.1, 0.15) is 0 Å². The lowest BCUT2D eigenvalue weighted by Crippen LogP contribution is -2.49. The molecule has 0 saturated carbocycles. The molecular weight excluding hydrogens is 268 g/mol. The second-order valence-corrected chi connectivity index (χ2v) is 5.09. The molecule has 5 heteroatoms. The van der Waals surface area contributed by atoms with Gasteiger partial charge in [0.15, 0.2) is 0 Å². The van der Waals surface area contributed by atoms with Gasteiger partial charge in [0.05, 0.1) is 23.9 Å². The molecule has 1 N–H and O–H groups in total. The number of aryl methyl sites for hydroxylation is 1. The SMILES string of the molecule is CCOC(=O)C1=C(c2ccc(C)cc2)NC(=O)N(C)C1C. The van der Waals surface area contributed by atoms with Crippen LogP contribution < -0.4 is 5.32 Å². The van der Waals surface area contributed by atoms with Crippen molar-refractivity contribution < 1.29 is 14.3 Å². The number of carbonyl (C=O) groups is 2. The summed E-state index contributed by atoms with van der Waals surface area (Å²) in [4.78, 5) is 25.8. The van der Waals surface area contributed by atoms with Crippen LogP contribution in [0.1, 0.15) is 25.0 Å². The summed E-state index contributed by atoms with van der Waals surface area (Å²) in [5.41, 5.74) is 2.92. The predicted octanol–water partition coefficient (Wildman–Crippen LogP) is 2.31. The van der Waals surface area contributed by atoms with Gasteiger partial charge in [0, 0.05) is 7.05 Å². The Balaban J connectivity index is 2.54. The van der Waals surface area contributed by atoms with Crippen molar-refractivity contribution in [2.45, 2.75) is 26.8 Å². The lowest BCUT2D eigenvalue weighted by atomic mass is 9.97. The van der Waals surface area contributed by atoms with Crippen molar-refractivity contribution >= 4 is 17.7 Å². The maximum atomic E-state index is 12.3. The third-order valence-electron chi connectivity index (χ3n) is 3.66. The molecule has 0 fully saturated rings. The van der Waals surface area contributed by atoms with Gasteiger partial charge in [-0.1, -0.05) is 29.8 Å². The van der Waals surface area contributed by atoms with Crippen LogP contribution in [-0.2, 0) is 9.53 Å². The van der Waals surface area contributed by atoms with Crippen molar-refractivity contribution in [3.63, 3.8) is 0 Å². The van der Waals surface area contributed by atoms with E-state index in [9.17, 15) is 9.59 Å². The molecule has 21 heavy (non-hydrogen) atoms. The smallest absolute Gasteiger partial charge is 0.338 e. The highest BCUT2D eigenvalue weighted by atomic mass is 16.5. The second kappa shape index (κ2) is 5.99. The Labute approximate surface area is 124 Å². The number of ether oxygens (including phenoxy) is 1. The summed E-state index contributed by atoms with van der Waals surface area (Å²) in [6.07, 6.45) is 0. The first-order chi connectivity index (χ1) is 9.95.